The van der Waals surface area contributed by atoms with E-state index in [0.717, 1.165) is 11.1 Å². The third-order valence-corrected chi connectivity index (χ3v) is 7.31. The first-order valence-electron chi connectivity index (χ1n) is 10.8. The van der Waals surface area contributed by atoms with Gasteiger partial charge in [0, 0.05) is 25.2 Å². The predicted molar refractivity (Wildman–Crippen MR) is 126 cm³/mol. The highest BCUT2D eigenvalue weighted by molar-refractivity contribution is 7.89. The highest BCUT2D eigenvalue weighted by Crippen LogP contribution is 2.17. The van der Waals surface area contributed by atoms with Crippen molar-refractivity contribution >= 4 is 21.8 Å². The SMILES string of the molecule is CCN(CC)S(=O)(=O)c1cccc(C(=O)N[C@H](C(=O)NCc2ccc(C)cc2)C(C)C)c1. The Balaban J connectivity index is 2.14. The van der Waals surface area contributed by atoms with Crippen molar-refractivity contribution in [3.05, 3.63) is 65.2 Å². The summed E-state index contributed by atoms with van der Waals surface area (Å²) in [6.45, 7) is 10.2. The highest BCUT2D eigenvalue weighted by Gasteiger charge is 2.26. The second-order valence-corrected chi connectivity index (χ2v) is 9.95. The Kier molecular flexibility index (Phi) is 8.98. The lowest BCUT2D eigenvalue weighted by atomic mass is 10.0. The maximum absolute atomic E-state index is 12.9. The molecule has 2 aromatic carbocycles. The number of sulfonamides is 1. The zero-order valence-corrected chi connectivity index (χ0v) is 20.2. The molecular weight excluding hydrogens is 426 g/mol. The van der Waals surface area contributed by atoms with Gasteiger partial charge in [0.2, 0.25) is 15.9 Å². The van der Waals surface area contributed by atoms with Crippen LogP contribution in [0.4, 0.5) is 0 Å². The van der Waals surface area contributed by atoms with E-state index >= 15 is 0 Å². The zero-order chi connectivity index (χ0) is 23.9. The van der Waals surface area contributed by atoms with Crippen molar-refractivity contribution in [3.8, 4) is 0 Å². The molecule has 0 heterocycles. The molecule has 2 aromatic rings. The van der Waals surface area contributed by atoms with Gasteiger partial charge in [0.05, 0.1) is 4.90 Å². The zero-order valence-electron chi connectivity index (χ0n) is 19.4. The van der Waals surface area contributed by atoms with E-state index in [4.69, 9.17) is 0 Å². The second-order valence-electron chi connectivity index (χ2n) is 8.02. The molecule has 2 rings (SSSR count). The molecule has 1 atom stereocenters. The van der Waals surface area contributed by atoms with E-state index in [1.54, 1.807) is 13.8 Å². The van der Waals surface area contributed by atoms with E-state index in [1.165, 1.54) is 28.6 Å². The van der Waals surface area contributed by atoms with E-state index < -0.39 is 22.0 Å². The normalized spacial score (nSPS) is 12.6. The van der Waals surface area contributed by atoms with Crippen LogP contribution in [0.3, 0.4) is 0 Å². The summed E-state index contributed by atoms with van der Waals surface area (Å²) in [4.78, 5) is 25.7. The second kappa shape index (κ2) is 11.2. The van der Waals surface area contributed by atoms with Crippen LogP contribution >= 0.6 is 0 Å². The molecule has 0 fully saturated rings. The average molecular weight is 460 g/mol. The minimum absolute atomic E-state index is 0.0544. The minimum Gasteiger partial charge on any atom is -0.350 e. The Labute approximate surface area is 191 Å². The Bertz CT molecular complexity index is 1030. The lowest BCUT2D eigenvalue weighted by molar-refractivity contribution is -0.124. The van der Waals surface area contributed by atoms with Crippen molar-refractivity contribution in [2.24, 2.45) is 5.92 Å². The Morgan fingerprint density at radius 1 is 1.00 bits per heavy atom. The molecule has 0 aromatic heterocycles. The number of hydrogen-bond donors (Lipinski definition) is 2. The topological polar surface area (TPSA) is 95.6 Å². The van der Waals surface area contributed by atoms with Crippen LogP contribution in [0, 0.1) is 12.8 Å². The number of hydrogen-bond acceptors (Lipinski definition) is 4. The number of carbonyl (C=O) groups is 2. The van der Waals surface area contributed by atoms with Gasteiger partial charge in [-0.15, -0.1) is 0 Å². The molecule has 7 nitrogen and oxygen atoms in total. The van der Waals surface area contributed by atoms with Gasteiger partial charge in [0.15, 0.2) is 0 Å². The fraction of sp³-hybridized carbons (Fsp3) is 0.417. The first-order chi connectivity index (χ1) is 15.1. The fourth-order valence-electron chi connectivity index (χ4n) is 3.27. The maximum atomic E-state index is 12.9. The first kappa shape index (κ1) is 25.5. The summed E-state index contributed by atoms with van der Waals surface area (Å²) in [5.41, 5.74) is 2.29. The molecule has 2 N–H and O–H groups in total. The van der Waals surface area contributed by atoms with Crippen LogP contribution in [0.15, 0.2) is 53.4 Å². The summed E-state index contributed by atoms with van der Waals surface area (Å²) in [5.74, 6) is -0.939. The predicted octanol–water partition coefficient (Wildman–Crippen LogP) is 3.10. The molecule has 8 heteroatoms. The summed E-state index contributed by atoms with van der Waals surface area (Å²) in [6, 6.07) is 13.0. The molecule has 0 radical (unpaired) electrons. The number of nitrogens with one attached hydrogen (secondary N) is 2. The van der Waals surface area contributed by atoms with Crippen LogP contribution in [0.25, 0.3) is 0 Å². The molecule has 0 bridgehead atoms. The molecule has 0 unspecified atom stereocenters. The molecule has 32 heavy (non-hydrogen) atoms. The maximum Gasteiger partial charge on any atom is 0.251 e. The highest BCUT2D eigenvalue weighted by atomic mass is 32.2. The number of aryl methyl sites for hydroxylation is 1. The molecule has 0 aliphatic carbocycles. The number of nitrogens with zero attached hydrogens (tertiary/aromatic N) is 1. The van der Waals surface area contributed by atoms with Crippen molar-refractivity contribution in [2.75, 3.05) is 13.1 Å². The van der Waals surface area contributed by atoms with Gasteiger partial charge < -0.3 is 10.6 Å². The summed E-state index contributed by atoms with van der Waals surface area (Å²) < 4.78 is 26.9. The summed E-state index contributed by atoms with van der Waals surface area (Å²) >= 11 is 0. The molecule has 0 saturated heterocycles. The van der Waals surface area contributed by atoms with E-state index in [1.807, 2.05) is 45.0 Å². The quantitative estimate of drug-likeness (QED) is 0.571. The van der Waals surface area contributed by atoms with Crippen molar-refractivity contribution in [1.29, 1.82) is 0 Å². The van der Waals surface area contributed by atoms with Gasteiger partial charge in [-0.3, -0.25) is 9.59 Å². The third-order valence-electron chi connectivity index (χ3n) is 5.26. The van der Waals surface area contributed by atoms with Crippen LogP contribution in [0.5, 0.6) is 0 Å². The van der Waals surface area contributed by atoms with Gasteiger partial charge >= 0.3 is 0 Å². The van der Waals surface area contributed by atoms with Crippen molar-refractivity contribution in [1.82, 2.24) is 14.9 Å². The van der Waals surface area contributed by atoms with Crippen LogP contribution < -0.4 is 10.6 Å². The molecular formula is C24H33N3O4S. The van der Waals surface area contributed by atoms with E-state index in [-0.39, 0.29) is 22.3 Å². The van der Waals surface area contributed by atoms with Gasteiger partial charge in [0.1, 0.15) is 6.04 Å². The summed E-state index contributed by atoms with van der Waals surface area (Å²) in [5, 5.41) is 5.62. The monoisotopic (exact) mass is 459 g/mol. The summed E-state index contributed by atoms with van der Waals surface area (Å²) in [6.07, 6.45) is 0. The third kappa shape index (κ3) is 6.40. The molecule has 2 amide bonds. The Morgan fingerprint density at radius 3 is 2.19 bits per heavy atom. The lowest BCUT2D eigenvalue weighted by Crippen LogP contribution is -2.49. The number of amides is 2. The standard InChI is InChI=1S/C24H33N3O4S/c1-6-27(7-2)32(30,31)21-10-8-9-20(15-21)23(28)26-22(17(3)4)24(29)25-16-19-13-11-18(5)12-14-19/h8-15,17,22H,6-7,16H2,1-5H3,(H,25,29)(H,26,28)/t22-/m0/s1. The van der Waals surface area contributed by atoms with Gasteiger partial charge in [0.25, 0.3) is 5.91 Å². The van der Waals surface area contributed by atoms with Gasteiger partial charge in [-0.25, -0.2) is 8.42 Å². The van der Waals surface area contributed by atoms with Gasteiger partial charge in [-0.2, -0.15) is 4.31 Å². The molecule has 0 spiro atoms. The van der Waals surface area contributed by atoms with E-state index in [0.29, 0.717) is 19.6 Å². The smallest absolute Gasteiger partial charge is 0.251 e. The van der Waals surface area contributed by atoms with Crippen LogP contribution in [-0.2, 0) is 21.4 Å². The van der Waals surface area contributed by atoms with Crippen molar-refractivity contribution in [3.63, 3.8) is 0 Å². The lowest BCUT2D eigenvalue weighted by Gasteiger charge is -2.22. The van der Waals surface area contributed by atoms with E-state index in [2.05, 4.69) is 10.6 Å². The van der Waals surface area contributed by atoms with Crippen LogP contribution in [0.2, 0.25) is 0 Å². The fourth-order valence-corrected chi connectivity index (χ4v) is 4.78. The molecule has 0 saturated carbocycles. The number of rotatable bonds is 10. The van der Waals surface area contributed by atoms with Gasteiger partial charge in [-0.1, -0.05) is 63.6 Å². The van der Waals surface area contributed by atoms with Crippen molar-refractivity contribution < 1.29 is 18.0 Å². The van der Waals surface area contributed by atoms with Crippen molar-refractivity contribution in [2.45, 2.75) is 52.1 Å². The van der Waals surface area contributed by atoms with E-state index in [9.17, 15) is 18.0 Å². The average Bonchev–Trinajstić information content (AvgIpc) is 2.77. The summed E-state index contributed by atoms with van der Waals surface area (Å²) in [7, 11) is -3.69. The first-order valence-corrected chi connectivity index (χ1v) is 12.3. The largest absolute Gasteiger partial charge is 0.350 e. The number of benzene rings is 2. The minimum atomic E-state index is -3.69. The molecule has 0 aliphatic heterocycles. The Morgan fingerprint density at radius 2 is 1.62 bits per heavy atom. The Hall–Kier alpha value is -2.71. The molecule has 174 valence electrons. The van der Waals surface area contributed by atoms with Gasteiger partial charge in [-0.05, 0) is 36.6 Å². The van der Waals surface area contributed by atoms with Crippen LogP contribution in [0.1, 0.15) is 49.2 Å². The molecule has 0 aliphatic rings. The number of carbonyl (C=O) groups excluding carboxylic acids is 2. The van der Waals surface area contributed by atoms with Crippen LogP contribution in [-0.4, -0.2) is 43.7 Å².